The maximum absolute atomic E-state index is 11.8. The number of hydrogen-bond acceptors (Lipinski definition) is 2. The molecule has 0 aliphatic carbocycles. The number of rotatable bonds is 16. The second-order valence-electron chi connectivity index (χ2n) is 7.21. The standard InChI is InChI=1S/C21H40O2/c1-5-6-7-8-9-10-11-12-13-14-18-23-21(22)20(4)17-15-16-19(2)3/h19H,4-18H2,1-3H3. The van der Waals surface area contributed by atoms with Crippen molar-refractivity contribution in [1.82, 2.24) is 0 Å². The summed E-state index contributed by atoms with van der Waals surface area (Å²) >= 11 is 0. The first-order valence-electron chi connectivity index (χ1n) is 9.92. The highest BCUT2D eigenvalue weighted by Crippen LogP contribution is 2.13. The lowest BCUT2D eigenvalue weighted by Crippen LogP contribution is -2.08. The Hall–Kier alpha value is -0.790. The highest BCUT2D eigenvalue weighted by molar-refractivity contribution is 5.87. The lowest BCUT2D eigenvalue weighted by atomic mass is 10.0. The maximum atomic E-state index is 11.8. The SMILES string of the molecule is C=C(CCCC(C)C)C(=O)OCCCCCCCCCCCC. The zero-order chi connectivity index (χ0) is 17.3. The maximum Gasteiger partial charge on any atom is 0.333 e. The Kier molecular flexibility index (Phi) is 15.5. The average molecular weight is 325 g/mol. The van der Waals surface area contributed by atoms with Crippen LogP contribution in [0.25, 0.3) is 0 Å². The molecule has 0 bridgehead atoms. The van der Waals surface area contributed by atoms with E-state index in [-0.39, 0.29) is 5.97 Å². The highest BCUT2D eigenvalue weighted by Gasteiger charge is 2.08. The Labute approximate surface area is 145 Å². The van der Waals surface area contributed by atoms with Crippen LogP contribution in [-0.2, 0) is 9.53 Å². The van der Waals surface area contributed by atoms with Gasteiger partial charge in [-0.2, -0.15) is 0 Å². The highest BCUT2D eigenvalue weighted by atomic mass is 16.5. The molecule has 0 saturated heterocycles. The first kappa shape index (κ1) is 22.2. The van der Waals surface area contributed by atoms with Crippen molar-refractivity contribution >= 4 is 5.97 Å². The van der Waals surface area contributed by atoms with Crippen LogP contribution < -0.4 is 0 Å². The summed E-state index contributed by atoms with van der Waals surface area (Å²) in [5.74, 6) is 0.496. The quantitative estimate of drug-likeness (QED) is 0.177. The van der Waals surface area contributed by atoms with Gasteiger partial charge in [-0.15, -0.1) is 0 Å². The lowest BCUT2D eigenvalue weighted by molar-refractivity contribution is -0.139. The summed E-state index contributed by atoms with van der Waals surface area (Å²) in [4.78, 5) is 11.8. The molecule has 2 heteroatoms. The molecular formula is C21H40O2. The van der Waals surface area contributed by atoms with Gasteiger partial charge in [-0.05, 0) is 25.2 Å². The minimum Gasteiger partial charge on any atom is -0.462 e. The topological polar surface area (TPSA) is 26.3 Å². The molecule has 0 aliphatic rings. The van der Waals surface area contributed by atoms with Gasteiger partial charge in [-0.25, -0.2) is 4.79 Å². The summed E-state index contributed by atoms with van der Waals surface area (Å²) in [7, 11) is 0. The Morgan fingerprint density at radius 3 is 1.91 bits per heavy atom. The predicted molar refractivity (Wildman–Crippen MR) is 101 cm³/mol. The molecule has 0 N–H and O–H groups in total. The normalized spacial score (nSPS) is 11.0. The summed E-state index contributed by atoms with van der Waals surface area (Å²) < 4.78 is 5.29. The lowest BCUT2D eigenvalue weighted by Gasteiger charge is -2.08. The molecule has 0 unspecified atom stereocenters. The molecule has 0 fully saturated rings. The molecule has 0 aromatic carbocycles. The van der Waals surface area contributed by atoms with E-state index >= 15 is 0 Å². The van der Waals surface area contributed by atoms with E-state index in [2.05, 4.69) is 27.4 Å². The van der Waals surface area contributed by atoms with E-state index in [4.69, 9.17) is 4.74 Å². The molecule has 0 atom stereocenters. The molecule has 0 radical (unpaired) electrons. The minimum atomic E-state index is -0.190. The first-order chi connectivity index (χ1) is 11.1. The average Bonchev–Trinajstić information content (AvgIpc) is 2.51. The van der Waals surface area contributed by atoms with Crippen molar-refractivity contribution in [2.75, 3.05) is 6.61 Å². The Morgan fingerprint density at radius 2 is 1.39 bits per heavy atom. The van der Waals surface area contributed by atoms with Crippen LogP contribution in [-0.4, -0.2) is 12.6 Å². The van der Waals surface area contributed by atoms with E-state index in [1.54, 1.807) is 0 Å². The number of esters is 1. The number of carbonyl (C=O) groups is 1. The summed E-state index contributed by atoms with van der Waals surface area (Å²) in [5.41, 5.74) is 0.637. The predicted octanol–water partition coefficient (Wildman–Crippen LogP) is 6.83. The van der Waals surface area contributed by atoms with Crippen molar-refractivity contribution in [1.29, 1.82) is 0 Å². The third-order valence-electron chi connectivity index (χ3n) is 4.28. The number of carbonyl (C=O) groups excluding carboxylic acids is 1. The van der Waals surface area contributed by atoms with E-state index in [1.807, 2.05) is 0 Å². The molecule has 0 saturated carbocycles. The molecule has 0 heterocycles. The van der Waals surface area contributed by atoms with Gasteiger partial charge >= 0.3 is 5.97 Å². The van der Waals surface area contributed by atoms with Crippen LogP contribution in [0.3, 0.4) is 0 Å². The monoisotopic (exact) mass is 324 g/mol. The Bertz CT molecular complexity index is 294. The zero-order valence-corrected chi connectivity index (χ0v) is 16.0. The van der Waals surface area contributed by atoms with Gasteiger partial charge in [0.1, 0.15) is 0 Å². The van der Waals surface area contributed by atoms with Crippen molar-refractivity contribution in [3.63, 3.8) is 0 Å². The van der Waals surface area contributed by atoms with Gasteiger partial charge in [0.2, 0.25) is 0 Å². The third-order valence-corrected chi connectivity index (χ3v) is 4.28. The first-order valence-corrected chi connectivity index (χ1v) is 9.92. The minimum absolute atomic E-state index is 0.190. The Morgan fingerprint density at radius 1 is 0.870 bits per heavy atom. The molecule has 0 aromatic heterocycles. The molecule has 2 nitrogen and oxygen atoms in total. The van der Waals surface area contributed by atoms with Crippen molar-refractivity contribution < 1.29 is 9.53 Å². The molecule has 23 heavy (non-hydrogen) atoms. The van der Waals surface area contributed by atoms with E-state index in [0.29, 0.717) is 18.1 Å². The fourth-order valence-corrected chi connectivity index (χ4v) is 2.68. The van der Waals surface area contributed by atoms with Crippen LogP contribution >= 0.6 is 0 Å². The van der Waals surface area contributed by atoms with Gasteiger partial charge in [0.25, 0.3) is 0 Å². The number of ether oxygens (including phenoxy) is 1. The van der Waals surface area contributed by atoms with Gasteiger partial charge in [0.15, 0.2) is 0 Å². The van der Waals surface area contributed by atoms with Crippen LogP contribution in [0.1, 0.15) is 104 Å². The van der Waals surface area contributed by atoms with E-state index < -0.39 is 0 Å². The van der Waals surface area contributed by atoms with Gasteiger partial charge in [-0.3, -0.25) is 0 Å². The summed E-state index contributed by atoms with van der Waals surface area (Å²) in [6.45, 7) is 11.1. The van der Waals surface area contributed by atoms with Gasteiger partial charge < -0.3 is 4.74 Å². The van der Waals surface area contributed by atoms with Crippen LogP contribution in [0.4, 0.5) is 0 Å². The largest absolute Gasteiger partial charge is 0.462 e. The van der Waals surface area contributed by atoms with E-state index in [1.165, 1.54) is 57.8 Å². The fourth-order valence-electron chi connectivity index (χ4n) is 2.68. The van der Waals surface area contributed by atoms with Crippen molar-refractivity contribution in [2.24, 2.45) is 5.92 Å². The molecular weight excluding hydrogens is 284 g/mol. The second-order valence-corrected chi connectivity index (χ2v) is 7.21. The molecule has 0 spiro atoms. The van der Waals surface area contributed by atoms with Gasteiger partial charge in [0, 0.05) is 5.57 Å². The van der Waals surface area contributed by atoms with E-state index in [9.17, 15) is 4.79 Å². The number of unbranched alkanes of at least 4 members (excludes halogenated alkanes) is 9. The Balaban J connectivity index is 3.33. The second kappa shape index (κ2) is 16.1. The smallest absolute Gasteiger partial charge is 0.333 e. The van der Waals surface area contributed by atoms with Gasteiger partial charge in [-0.1, -0.05) is 91.6 Å². The molecule has 0 rings (SSSR count). The number of hydrogen-bond donors (Lipinski definition) is 0. The molecule has 0 aliphatic heterocycles. The summed E-state index contributed by atoms with van der Waals surface area (Å²) in [6, 6.07) is 0. The van der Waals surface area contributed by atoms with Crippen LogP contribution in [0, 0.1) is 5.92 Å². The fraction of sp³-hybridized carbons (Fsp3) is 0.857. The van der Waals surface area contributed by atoms with Crippen LogP contribution in [0.2, 0.25) is 0 Å². The van der Waals surface area contributed by atoms with Gasteiger partial charge in [0.05, 0.1) is 6.61 Å². The van der Waals surface area contributed by atoms with Crippen molar-refractivity contribution in [2.45, 2.75) is 104 Å². The van der Waals surface area contributed by atoms with Crippen LogP contribution in [0.15, 0.2) is 12.2 Å². The summed E-state index contributed by atoms with van der Waals surface area (Å²) in [5, 5.41) is 0. The molecule has 0 aromatic rings. The van der Waals surface area contributed by atoms with E-state index in [0.717, 1.165) is 25.7 Å². The van der Waals surface area contributed by atoms with Crippen LogP contribution in [0.5, 0.6) is 0 Å². The summed E-state index contributed by atoms with van der Waals surface area (Å²) in [6.07, 6.45) is 15.9. The molecule has 136 valence electrons. The van der Waals surface area contributed by atoms with Crippen molar-refractivity contribution in [3.8, 4) is 0 Å². The third kappa shape index (κ3) is 15.9. The van der Waals surface area contributed by atoms with Crippen molar-refractivity contribution in [3.05, 3.63) is 12.2 Å². The zero-order valence-electron chi connectivity index (χ0n) is 16.0. The molecule has 0 amide bonds.